The third kappa shape index (κ3) is 4.78. The number of rotatable bonds is 9. The molecule has 8 nitrogen and oxygen atoms in total. The topological polar surface area (TPSA) is 105 Å². The largest absolute Gasteiger partial charge is 0.398 e. The van der Waals surface area contributed by atoms with Gasteiger partial charge in [-0.3, -0.25) is 0 Å². The Bertz CT molecular complexity index is 1260. The van der Waals surface area contributed by atoms with Crippen LogP contribution >= 0.6 is 11.6 Å². The van der Waals surface area contributed by atoms with Crippen molar-refractivity contribution in [2.24, 2.45) is 0 Å². The highest BCUT2D eigenvalue weighted by molar-refractivity contribution is 6.30. The molecule has 0 saturated carbocycles. The van der Waals surface area contributed by atoms with Gasteiger partial charge in [0.05, 0.1) is 18.5 Å². The molecule has 4 aromatic rings. The molecule has 2 heterocycles. The van der Waals surface area contributed by atoms with Gasteiger partial charge in [-0.15, -0.1) is 0 Å². The van der Waals surface area contributed by atoms with Crippen LogP contribution in [0.15, 0.2) is 54.9 Å². The fourth-order valence-corrected chi connectivity index (χ4v) is 4.28. The third-order valence-corrected chi connectivity index (χ3v) is 6.14. The zero-order valence-corrected chi connectivity index (χ0v) is 20.4. The fourth-order valence-electron chi connectivity index (χ4n) is 4.08. The molecule has 0 fully saturated rings. The summed E-state index contributed by atoms with van der Waals surface area (Å²) in [6.45, 7) is 7.02. The Morgan fingerprint density at radius 1 is 1.15 bits per heavy atom. The zero-order valence-electron chi connectivity index (χ0n) is 19.6. The van der Waals surface area contributed by atoms with E-state index in [0.717, 1.165) is 16.9 Å². The van der Waals surface area contributed by atoms with E-state index < -0.39 is 6.10 Å². The van der Waals surface area contributed by atoms with Crippen LogP contribution < -0.4 is 16.0 Å². The number of aryl methyl sites for hydroxylation is 1. The molecule has 34 heavy (non-hydrogen) atoms. The van der Waals surface area contributed by atoms with Gasteiger partial charge in [-0.05, 0) is 56.2 Å². The van der Waals surface area contributed by atoms with Gasteiger partial charge in [0.25, 0.3) is 0 Å². The SMILES string of the molecule is CCC(C(C)O)N(c1ccccc1)c1nc(NCc2cc(Cl)ccc2N)c2ncn(CC)c2n1. The maximum absolute atomic E-state index is 10.6. The number of aromatic nitrogens is 4. The van der Waals surface area contributed by atoms with Crippen molar-refractivity contribution in [3.8, 4) is 0 Å². The van der Waals surface area contributed by atoms with Gasteiger partial charge in [0, 0.05) is 29.5 Å². The standard InChI is InChI=1S/C25H30ClN7O/c1-4-21(16(3)34)33(19-9-7-6-8-10-19)25-30-23(22-24(31-25)32(5-2)15-29-22)28-14-17-13-18(26)11-12-20(17)27/h6-13,15-16,21,34H,4-5,14,27H2,1-3H3,(H,28,30,31). The average molecular weight is 480 g/mol. The minimum atomic E-state index is -0.594. The van der Waals surface area contributed by atoms with Crippen LogP contribution in [-0.4, -0.2) is 36.8 Å². The number of halogens is 1. The minimum Gasteiger partial charge on any atom is -0.398 e. The number of anilines is 4. The number of aliphatic hydroxyl groups excluding tert-OH is 1. The van der Waals surface area contributed by atoms with Crippen LogP contribution in [0.5, 0.6) is 0 Å². The summed E-state index contributed by atoms with van der Waals surface area (Å²) in [4.78, 5) is 16.3. The molecule has 2 atom stereocenters. The maximum Gasteiger partial charge on any atom is 0.234 e. The molecular weight excluding hydrogens is 450 g/mol. The van der Waals surface area contributed by atoms with Crippen LogP contribution in [0, 0.1) is 0 Å². The molecule has 2 aromatic carbocycles. The lowest BCUT2D eigenvalue weighted by Crippen LogP contribution is -2.40. The van der Waals surface area contributed by atoms with Gasteiger partial charge in [-0.2, -0.15) is 9.97 Å². The number of fused-ring (bicyclic) bond motifs is 1. The summed E-state index contributed by atoms with van der Waals surface area (Å²) >= 11 is 6.18. The zero-order chi connectivity index (χ0) is 24.2. The molecule has 0 saturated heterocycles. The molecule has 4 rings (SSSR count). The molecule has 9 heteroatoms. The summed E-state index contributed by atoms with van der Waals surface area (Å²) in [5, 5.41) is 14.6. The van der Waals surface area contributed by atoms with E-state index in [2.05, 4.69) is 10.3 Å². The predicted octanol–water partition coefficient (Wildman–Crippen LogP) is 4.99. The Morgan fingerprint density at radius 2 is 1.91 bits per heavy atom. The predicted molar refractivity (Wildman–Crippen MR) is 139 cm³/mol. The van der Waals surface area contributed by atoms with Crippen molar-refractivity contribution in [3.05, 3.63) is 65.4 Å². The summed E-state index contributed by atoms with van der Waals surface area (Å²) in [7, 11) is 0. The lowest BCUT2D eigenvalue weighted by molar-refractivity contribution is 0.160. The molecule has 0 spiro atoms. The monoisotopic (exact) mass is 479 g/mol. The lowest BCUT2D eigenvalue weighted by Gasteiger charge is -2.33. The van der Waals surface area contributed by atoms with Crippen molar-refractivity contribution in [1.29, 1.82) is 0 Å². The van der Waals surface area contributed by atoms with E-state index in [9.17, 15) is 5.11 Å². The Balaban J connectivity index is 1.83. The van der Waals surface area contributed by atoms with E-state index in [1.807, 2.05) is 59.7 Å². The first-order valence-electron chi connectivity index (χ1n) is 11.5. The molecule has 178 valence electrons. The molecule has 0 aliphatic heterocycles. The number of nitrogens with zero attached hydrogens (tertiary/aromatic N) is 5. The molecule has 2 unspecified atom stereocenters. The van der Waals surface area contributed by atoms with Crippen LogP contribution in [0.3, 0.4) is 0 Å². The summed E-state index contributed by atoms with van der Waals surface area (Å²) < 4.78 is 1.98. The molecule has 2 aromatic heterocycles. The second kappa shape index (κ2) is 10.3. The number of para-hydroxylation sites is 1. The quantitative estimate of drug-likeness (QED) is 0.290. The maximum atomic E-state index is 10.6. The summed E-state index contributed by atoms with van der Waals surface area (Å²) in [6.07, 6.45) is 1.88. The van der Waals surface area contributed by atoms with Gasteiger partial charge < -0.3 is 25.6 Å². The van der Waals surface area contributed by atoms with E-state index in [1.54, 1.807) is 25.4 Å². The minimum absolute atomic E-state index is 0.214. The highest BCUT2D eigenvalue weighted by Crippen LogP contribution is 2.31. The van der Waals surface area contributed by atoms with Crippen LogP contribution in [0.1, 0.15) is 32.8 Å². The molecule has 0 aliphatic rings. The van der Waals surface area contributed by atoms with Gasteiger partial charge in [-0.1, -0.05) is 36.7 Å². The summed E-state index contributed by atoms with van der Waals surface area (Å²) in [5.74, 6) is 1.08. The van der Waals surface area contributed by atoms with Crippen LogP contribution in [-0.2, 0) is 13.1 Å². The fraction of sp³-hybridized carbons (Fsp3) is 0.320. The van der Waals surface area contributed by atoms with Gasteiger partial charge in [0.15, 0.2) is 17.0 Å². The number of hydrogen-bond donors (Lipinski definition) is 3. The highest BCUT2D eigenvalue weighted by atomic mass is 35.5. The van der Waals surface area contributed by atoms with Crippen LogP contribution in [0.4, 0.5) is 23.1 Å². The number of benzene rings is 2. The lowest BCUT2D eigenvalue weighted by atomic mass is 10.1. The smallest absolute Gasteiger partial charge is 0.234 e. The van der Waals surface area contributed by atoms with Gasteiger partial charge >= 0.3 is 0 Å². The first-order valence-corrected chi connectivity index (χ1v) is 11.8. The van der Waals surface area contributed by atoms with Crippen molar-refractivity contribution >= 4 is 45.9 Å². The molecular formula is C25H30ClN7O. The van der Waals surface area contributed by atoms with Gasteiger partial charge in [-0.25, -0.2) is 4.98 Å². The third-order valence-electron chi connectivity index (χ3n) is 5.90. The van der Waals surface area contributed by atoms with Crippen molar-refractivity contribution in [3.63, 3.8) is 0 Å². The normalized spacial score (nSPS) is 13.1. The number of nitrogens with one attached hydrogen (secondary N) is 1. The molecule has 4 N–H and O–H groups in total. The van der Waals surface area contributed by atoms with Crippen molar-refractivity contribution < 1.29 is 5.11 Å². The number of nitrogen functional groups attached to an aromatic ring is 1. The van der Waals surface area contributed by atoms with E-state index in [4.69, 9.17) is 27.3 Å². The Labute approximate surface area is 204 Å². The van der Waals surface area contributed by atoms with Crippen molar-refractivity contribution in [1.82, 2.24) is 19.5 Å². The second-order valence-corrected chi connectivity index (χ2v) is 8.63. The van der Waals surface area contributed by atoms with Gasteiger partial charge in [0.2, 0.25) is 5.95 Å². The second-order valence-electron chi connectivity index (χ2n) is 8.19. The average Bonchev–Trinajstić information content (AvgIpc) is 3.26. The molecule has 0 bridgehead atoms. The van der Waals surface area contributed by atoms with Crippen molar-refractivity contribution in [2.45, 2.75) is 52.4 Å². The number of aliphatic hydroxyl groups is 1. The summed E-state index contributed by atoms with van der Waals surface area (Å²) in [5.41, 5.74) is 9.96. The summed E-state index contributed by atoms with van der Waals surface area (Å²) in [6, 6.07) is 15.1. The first kappa shape index (κ1) is 23.8. The number of hydrogen-bond acceptors (Lipinski definition) is 7. The Kier molecular flexibility index (Phi) is 7.19. The molecule has 0 amide bonds. The number of imidazole rings is 1. The van der Waals surface area contributed by atoms with Crippen molar-refractivity contribution in [2.75, 3.05) is 16.0 Å². The number of nitrogens with two attached hydrogens (primary N) is 1. The van der Waals surface area contributed by atoms with Crippen LogP contribution in [0.2, 0.25) is 5.02 Å². The van der Waals surface area contributed by atoms with E-state index >= 15 is 0 Å². The Hall–Kier alpha value is -3.36. The Morgan fingerprint density at radius 3 is 2.59 bits per heavy atom. The van der Waals surface area contributed by atoms with Gasteiger partial charge in [0.1, 0.15) is 0 Å². The van der Waals surface area contributed by atoms with E-state index in [-0.39, 0.29) is 6.04 Å². The van der Waals surface area contributed by atoms with E-state index in [1.165, 1.54) is 0 Å². The first-order chi connectivity index (χ1) is 16.4. The highest BCUT2D eigenvalue weighted by Gasteiger charge is 2.27. The van der Waals surface area contributed by atoms with Crippen LogP contribution in [0.25, 0.3) is 11.2 Å². The molecule has 0 radical (unpaired) electrons. The van der Waals surface area contributed by atoms with E-state index in [0.29, 0.717) is 47.5 Å². The molecule has 0 aliphatic carbocycles.